The second-order valence-corrected chi connectivity index (χ2v) is 2.69. The van der Waals surface area contributed by atoms with Gasteiger partial charge in [-0.25, -0.2) is 4.79 Å². The van der Waals surface area contributed by atoms with E-state index in [2.05, 4.69) is 5.32 Å². The molecular weight excluding hydrogens is 156 g/mol. The van der Waals surface area contributed by atoms with Gasteiger partial charge in [-0.3, -0.25) is 0 Å². The average molecular weight is 174 g/mol. The molecule has 1 atom stereocenters. The highest BCUT2D eigenvalue weighted by molar-refractivity contribution is 5.67. The molecule has 1 unspecified atom stereocenters. The van der Waals surface area contributed by atoms with E-state index in [1.165, 1.54) is 0 Å². The summed E-state index contributed by atoms with van der Waals surface area (Å²) in [5.41, 5.74) is 5.25. The molecule has 0 saturated carbocycles. The SMILES string of the molecule is CCC(C)OC(=O)NCCCN. The van der Waals surface area contributed by atoms with Crippen molar-refractivity contribution in [2.75, 3.05) is 13.1 Å². The molecule has 12 heavy (non-hydrogen) atoms. The Morgan fingerprint density at radius 2 is 2.33 bits per heavy atom. The average Bonchev–Trinajstić information content (AvgIpc) is 2.05. The van der Waals surface area contributed by atoms with Gasteiger partial charge in [-0.1, -0.05) is 6.92 Å². The van der Waals surface area contributed by atoms with Crippen molar-refractivity contribution in [1.29, 1.82) is 0 Å². The van der Waals surface area contributed by atoms with E-state index in [4.69, 9.17) is 10.5 Å². The zero-order valence-electron chi connectivity index (χ0n) is 7.80. The highest BCUT2D eigenvalue weighted by atomic mass is 16.6. The lowest BCUT2D eigenvalue weighted by molar-refractivity contribution is 0.105. The topological polar surface area (TPSA) is 64.3 Å². The van der Waals surface area contributed by atoms with E-state index in [0.29, 0.717) is 13.1 Å². The molecule has 0 rings (SSSR count). The third kappa shape index (κ3) is 5.97. The van der Waals surface area contributed by atoms with Crippen molar-refractivity contribution < 1.29 is 9.53 Å². The van der Waals surface area contributed by atoms with Crippen molar-refractivity contribution in [3.8, 4) is 0 Å². The maximum Gasteiger partial charge on any atom is 0.407 e. The summed E-state index contributed by atoms with van der Waals surface area (Å²) in [6, 6.07) is 0. The van der Waals surface area contributed by atoms with Crippen molar-refractivity contribution >= 4 is 6.09 Å². The maximum absolute atomic E-state index is 10.9. The Kier molecular flexibility index (Phi) is 6.47. The van der Waals surface area contributed by atoms with Crippen molar-refractivity contribution in [3.05, 3.63) is 0 Å². The van der Waals surface area contributed by atoms with Crippen molar-refractivity contribution in [3.63, 3.8) is 0 Å². The number of nitrogens with one attached hydrogen (secondary N) is 1. The van der Waals surface area contributed by atoms with Crippen molar-refractivity contribution in [2.45, 2.75) is 32.8 Å². The largest absolute Gasteiger partial charge is 0.447 e. The standard InChI is InChI=1S/C8H18N2O2/c1-3-7(2)12-8(11)10-6-4-5-9/h7H,3-6,9H2,1-2H3,(H,10,11). The van der Waals surface area contributed by atoms with Crippen LogP contribution < -0.4 is 11.1 Å². The summed E-state index contributed by atoms with van der Waals surface area (Å²) in [6.07, 6.45) is 1.26. The first-order valence-corrected chi connectivity index (χ1v) is 4.35. The first-order chi connectivity index (χ1) is 5.70. The lowest BCUT2D eigenvalue weighted by Gasteiger charge is -2.11. The second-order valence-electron chi connectivity index (χ2n) is 2.69. The lowest BCUT2D eigenvalue weighted by atomic mass is 10.3. The summed E-state index contributed by atoms with van der Waals surface area (Å²) in [4.78, 5) is 10.9. The molecule has 1 amide bonds. The fourth-order valence-corrected chi connectivity index (χ4v) is 0.600. The molecule has 0 spiro atoms. The van der Waals surface area contributed by atoms with Crippen LogP contribution in [0.5, 0.6) is 0 Å². The Morgan fingerprint density at radius 3 is 2.83 bits per heavy atom. The van der Waals surface area contributed by atoms with E-state index < -0.39 is 0 Å². The fourth-order valence-electron chi connectivity index (χ4n) is 0.600. The van der Waals surface area contributed by atoms with E-state index in [1.54, 1.807) is 0 Å². The zero-order chi connectivity index (χ0) is 9.40. The first kappa shape index (κ1) is 11.2. The van der Waals surface area contributed by atoms with Gasteiger partial charge < -0.3 is 15.8 Å². The lowest BCUT2D eigenvalue weighted by Crippen LogP contribution is -2.29. The third-order valence-corrected chi connectivity index (χ3v) is 1.53. The molecular formula is C8H18N2O2. The number of nitrogens with two attached hydrogens (primary N) is 1. The minimum atomic E-state index is -0.349. The molecule has 0 saturated heterocycles. The number of carbonyl (C=O) groups is 1. The molecule has 4 heteroatoms. The first-order valence-electron chi connectivity index (χ1n) is 4.35. The van der Waals surface area contributed by atoms with E-state index in [1.807, 2.05) is 13.8 Å². The van der Waals surface area contributed by atoms with Gasteiger partial charge in [0.2, 0.25) is 0 Å². The van der Waals surface area contributed by atoms with Gasteiger partial charge in [0.15, 0.2) is 0 Å². The summed E-state index contributed by atoms with van der Waals surface area (Å²) in [5.74, 6) is 0. The monoisotopic (exact) mass is 174 g/mol. The van der Waals surface area contributed by atoms with Crippen LogP contribution in [0.25, 0.3) is 0 Å². The predicted molar refractivity (Wildman–Crippen MR) is 47.9 cm³/mol. The Labute approximate surface area is 73.5 Å². The van der Waals surface area contributed by atoms with Crippen LogP contribution in [0.3, 0.4) is 0 Å². The number of hydrogen-bond donors (Lipinski definition) is 2. The van der Waals surface area contributed by atoms with Crippen LogP contribution in [-0.4, -0.2) is 25.3 Å². The van der Waals surface area contributed by atoms with E-state index in [9.17, 15) is 4.79 Å². The molecule has 72 valence electrons. The molecule has 0 radical (unpaired) electrons. The van der Waals surface area contributed by atoms with Crippen LogP contribution in [0.2, 0.25) is 0 Å². The summed E-state index contributed by atoms with van der Waals surface area (Å²) in [7, 11) is 0. The molecule has 0 aromatic rings. The number of ether oxygens (including phenoxy) is 1. The van der Waals surface area contributed by atoms with Crippen LogP contribution in [-0.2, 0) is 4.74 Å². The van der Waals surface area contributed by atoms with Gasteiger partial charge in [0, 0.05) is 6.54 Å². The van der Waals surface area contributed by atoms with Gasteiger partial charge in [0.1, 0.15) is 6.10 Å². The molecule has 0 aliphatic carbocycles. The number of alkyl carbamates (subject to hydrolysis) is 1. The van der Waals surface area contributed by atoms with Crippen LogP contribution in [0, 0.1) is 0 Å². The van der Waals surface area contributed by atoms with Crippen LogP contribution >= 0.6 is 0 Å². The molecule has 0 aliphatic rings. The van der Waals surface area contributed by atoms with Crippen molar-refractivity contribution in [2.24, 2.45) is 5.73 Å². The predicted octanol–water partition coefficient (Wildman–Crippen LogP) is 0.860. The highest BCUT2D eigenvalue weighted by Crippen LogP contribution is 1.95. The van der Waals surface area contributed by atoms with E-state index in [-0.39, 0.29) is 12.2 Å². The number of hydrogen-bond acceptors (Lipinski definition) is 3. The quantitative estimate of drug-likeness (QED) is 0.607. The van der Waals surface area contributed by atoms with Crippen LogP contribution in [0.1, 0.15) is 26.7 Å². The van der Waals surface area contributed by atoms with Gasteiger partial charge in [-0.05, 0) is 26.3 Å². The molecule has 4 nitrogen and oxygen atoms in total. The van der Waals surface area contributed by atoms with Gasteiger partial charge in [-0.2, -0.15) is 0 Å². The number of rotatable bonds is 5. The van der Waals surface area contributed by atoms with E-state index in [0.717, 1.165) is 12.8 Å². The Hall–Kier alpha value is -0.770. The number of carbonyl (C=O) groups excluding carboxylic acids is 1. The summed E-state index contributed by atoms with van der Waals surface area (Å²) < 4.78 is 4.96. The summed E-state index contributed by atoms with van der Waals surface area (Å²) >= 11 is 0. The van der Waals surface area contributed by atoms with Crippen LogP contribution in [0.15, 0.2) is 0 Å². The molecule has 0 aromatic heterocycles. The van der Waals surface area contributed by atoms with Gasteiger partial charge in [0.25, 0.3) is 0 Å². The molecule has 0 bridgehead atoms. The smallest absolute Gasteiger partial charge is 0.407 e. The molecule has 0 aromatic carbocycles. The van der Waals surface area contributed by atoms with Gasteiger partial charge in [-0.15, -0.1) is 0 Å². The van der Waals surface area contributed by atoms with Crippen LogP contribution in [0.4, 0.5) is 4.79 Å². The Morgan fingerprint density at radius 1 is 1.67 bits per heavy atom. The molecule has 0 heterocycles. The Balaban J connectivity index is 3.33. The normalized spacial score (nSPS) is 12.2. The molecule has 3 N–H and O–H groups in total. The summed E-state index contributed by atoms with van der Waals surface area (Å²) in [6.45, 7) is 5.01. The number of amides is 1. The fraction of sp³-hybridized carbons (Fsp3) is 0.875. The van der Waals surface area contributed by atoms with Gasteiger partial charge >= 0.3 is 6.09 Å². The van der Waals surface area contributed by atoms with E-state index >= 15 is 0 Å². The summed E-state index contributed by atoms with van der Waals surface area (Å²) in [5, 5.41) is 2.61. The highest BCUT2D eigenvalue weighted by Gasteiger charge is 2.04. The minimum absolute atomic E-state index is 0.0112. The van der Waals surface area contributed by atoms with Gasteiger partial charge in [0.05, 0.1) is 0 Å². The zero-order valence-corrected chi connectivity index (χ0v) is 7.80. The maximum atomic E-state index is 10.9. The molecule has 0 fully saturated rings. The van der Waals surface area contributed by atoms with Crippen molar-refractivity contribution in [1.82, 2.24) is 5.32 Å². The minimum Gasteiger partial charge on any atom is -0.447 e. The third-order valence-electron chi connectivity index (χ3n) is 1.53. The Bertz CT molecular complexity index is 128. The second kappa shape index (κ2) is 6.91. The molecule has 0 aliphatic heterocycles.